The van der Waals surface area contributed by atoms with E-state index >= 15 is 0 Å². The molecule has 58 heavy (non-hydrogen) atoms. The Balaban J connectivity index is 1.47. The Morgan fingerprint density at radius 1 is 0.414 bits per heavy atom. The van der Waals surface area contributed by atoms with Gasteiger partial charge in [0.1, 0.15) is 14.7 Å². The van der Waals surface area contributed by atoms with E-state index in [1.54, 1.807) is 0 Å². The molecular weight excluding hydrogens is 924 g/mol. The van der Waals surface area contributed by atoms with E-state index in [0.717, 1.165) is 24.3 Å². The third-order valence-electron chi connectivity index (χ3n) is 7.14. The third kappa shape index (κ3) is 10.5. The zero-order valence-corrected chi connectivity index (χ0v) is 33.9. The van der Waals surface area contributed by atoms with E-state index in [4.69, 9.17) is 23.2 Å². The summed E-state index contributed by atoms with van der Waals surface area (Å²) in [6, 6.07) is 5.93. The van der Waals surface area contributed by atoms with Crippen LogP contribution in [0.15, 0.2) is 66.9 Å². The van der Waals surface area contributed by atoms with Gasteiger partial charge in [-0.1, -0.05) is 0 Å². The first-order valence-corrected chi connectivity index (χ1v) is 22.7. The van der Waals surface area contributed by atoms with Crippen LogP contribution in [0.5, 0.6) is 0 Å². The summed E-state index contributed by atoms with van der Waals surface area (Å²) in [6.45, 7) is 2.39. The van der Waals surface area contributed by atoms with Gasteiger partial charge in [0.2, 0.25) is 34.4 Å². The van der Waals surface area contributed by atoms with Crippen molar-refractivity contribution >= 4 is 120 Å². The summed E-state index contributed by atoms with van der Waals surface area (Å²) in [4.78, 5) is 18.5. The Bertz CT molecular complexity index is 3110. The third-order valence-corrected chi connectivity index (χ3v) is 12.1. The molecule has 0 spiro atoms. The van der Waals surface area contributed by atoms with E-state index in [1.807, 2.05) is 0 Å². The number of benzene rings is 3. The zero-order valence-electron chi connectivity index (χ0n) is 28.3. The Hall–Kier alpha value is -4.99. The summed E-state index contributed by atoms with van der Waals surface area (Å²) >= 11 is 12.0. The molecule has 310 valence electrons. The van der Waals surface area contributed by atoms with Gasteiger partial charge in [0, 0.05) is 5.69 Å². The van der Waals surface area contributed by atoms with Crippen LogP contribution in [0, 0.1) is 13.8 Å². The Morgan fingerprint density at radius 2 is 0.724 bits per heavy atom. The summed E-state index contributed by atoms with van der Waals surface area (Å²) in [5, 5.41) is 8.77. The fraction of sp³-hybridized carbons (Fsp3) is 0.0769. The van der Waals surface area contributed by atoms with Crippen LogP contribution < -0.4 is 21.3 Å². The molecule has 32 heteroatoms. The van der Waals surface area contributed by atoms with E-state index in [1.165, 1.54) is 19.9 Å². The molecule has 0 unspecified atom stereocenters. The SMILES string of the molecule is Cc1cc(Nc2nc(Cl)nc(Nc3ccc(Nc4nc(Cl)nc(Nc5cc(C)c(S(=O)(=O)O)cc5S(=O)(=O)O)n4)c(S(=O)(=O)O)c3)n2)c(S(=O)(=O)O)cc1S(=O)(=O)O. The number of anilines is 8. The lowest BCUT2D eigenvalue weighted by molar-refractivity contribution is 0.476. The van der Waals surface area contributed by atoms with Gasteiger partial charge in [-0.25, -0.2) is 0 Å². The van der Waals surface area contributed by atoms with Crippen LogP contribution in [0.25, 0.3) is 0 Å². The van der Waals surface area contributed by atoms with E-state index in [9.17, 15) is 64.9 Å². The fourth-order valence-corrected chi connectivity index (χ4v) is 8.76. The summed E-state index contributed by atoms with van der Waals surface area (Å²) < 4.78 is 169. The molecule has 5 aromatic rings. The highest BCUT2D eigenvalue weighted by Crippen LogP contribution is 2.33. The van der Waals surface area contributed by atoms with Crippen molar-refractivity contribution in [3.05, 3.63) is 64.2 Å². The summed E-state index contributed by atoms with van der Waals surface area (Å²) in [7, 11) is -25.2. The molecule has 0 aliphatic heterocycles. The highest BCUT2D eigenvalue weighted by atomic mass is 35.5. The quantitative estimate of drug-likeness (QED) is 0.0765. The van der Waals surface area contributed by atoms with E-state index < -0.39 is 126 Å². The molecule has 2 aromatic heterocycles. The van der Waals surface area contributed by atoms with Crippen molar-refractivity contribution in [2.45, 2.75) is 38.3 Å². The molecule has 5 rings (SSSR count). The second-order valence-corrected chi connectivity index (χ2v) is 18.9. The van der Waals surface area contributed by atoms with Gasteiger partial charge in [-0.2, -0.15) is 72.0 Å². The van der Waals surface area contributed by atoms with Gasteiger partial charge < -0.3 is 21.3 Å². The summed E-state index contributed by atoms with van der Waals surface area (Å²) in [6.07, 6.45) is 0. The molecule has 0 bridgehead atoms. The van der Waals surface area contributed by atoms with Gasteiger partial charge in [-0.15, -0.1) is 0 Å². The smallest absolute Gasteiger partial charge is 0.296 e. The minimum absolute atomic E-state index is 0.143. The van der Waals surface area contributed by atoms with Crippen LogP contribution in [0.4, 0.5) is 46.5 Å². The Kier molecular flexibility index (Phi) is 11.9. The number of nitrogens with one attached hydrogen (secondary N) is 4. The Labute approximate surface area is 337 Å². The van der Waals surface area contributed by atoms with Crippen molar-refractivity contribution in [3.8, 4) is 0 Å². The van der Waals surface area contributed by atoms with Crippen LogP contribution in [0.1, 0.15) is 11.1 Å². The second kappa shape index (κ2) is 15.6. The van der Waals surface area contributed by atoms with Crippen molar-refractivity contribution in [3.63, 3.8) is 0 Å². The number of aromatic nitrogens is 6. The van der Waals surface area contributed by atoms with Crippen molar-refractivity contribution < 1.29 is 64.9 Å². The molecule has 0 aliphatic rings. The number of hydrogen-bond acceptors (Lipinski definition) is 20. The van der Waals surface area contributed by atoms with E-state index in [2.05, 4.69) is 51.2 Å². The second-order valence-electron chi connectivity index (χ2n) is 11.3. The minimum atomic E-state index is -5.14. The predicted octanol–water partition coefficient (Wildman–Crippen LogP) is 3.19. The van der Waals surface area contributed by atoms with Crippen molar-refractivity contribution in [2.75, 3.05) is 21.3 Å². The molecule has 2 heterocycles. The normalized spacial score (nSPS) is 12.6. The van der Waals surface area contributed by atoms with Crippen LogP contribution in [0.2, 0.25) is 10.6 Å². The van der Waals surface area contributed by atoms with E-state index in [-0.39, 0.29) is 16.8 Å². The topological polar surface area (TPSA) is 397 Å². The molecule has 0 radical (unpaired) electrons. The van der Waals surface area contributed by atoms with Crippen LogP contribution in [-0.4, -0.2) is 94.8 Å². The molecule has 3 aromatic carbocycles. The monoisotopic (exact) mass is 944 g/mol. The number of halogens is 2. The van der Waals surface area contributed by atoms with Crippen LogP contribution in [-0.2, 0) is 50.6 Å². The molecule has 0 saturated carbocycles. The van der Waals surface area contributed by atoms with Gasteiger partial charge in [0.05, 0.1) is 26.9 Å². The first-order chi connectivity index (χ1) is 26.5. The average molecular weight is 946 g/mol. The van der Waals surface area contributed by atoms with Gasteiger partial charge >= 0.3 is 0 Å². The van der Waals surface area contributed by atoms with E-state index in [0.29, 0.717) is 12.1 Å². The number of nitrogens with zero attached hydrogens (tertiary/aromatic N) is 6. The highest BCUT2D eigenvalue weighted by molar-refractivity contribution is 7.87. The van der Waals surface area contributed by atoms with Crippen molar-refractivity contribution in [2.24, 2.45) is 0 Å². The van der Waals surface area contributed by atoms with Crippen LogP contribution >= 0.6 is 23.2 Å². The maximum absolute atomic E-state index is 12.5. The first-order valence-electron chi connectivity index (χ1n) is 14.7. The Morgan fingerprint density at radius 3 is 1.07 bits per heavy atom. The van der Waals surface area contributed by atoms with Crippen molar-refractivity contribution in [1.82, 2.24) is 29.9 Å². The summed E-state index contributed by atoms with van der Waals surface area (Å²) in [5.74, 6) is -1.98. The first kappa shape index (κ1) is 44.1. The minimum Gasteiger partial charge on any atom is -0.324 e. The lowest BCUT2D eigenvalue weighted by Gasteiger charge is -2.15. The maximum atomic E-state index is 12.5. The van der Waals surface area contributed by atoms with Crippen LogP contribution in [0.3, 0.4) is 0 Å². The lowest BCUT2D eigenvalue weighted by atomic mass is 10.2. The fourth-order valence-electron chi connectivity index (χ4n) is 4.85. The maximum Gasteiger partial charge on any atom is 0.296 e. The number of aryl methyl sites for hydroxylation is 2. The average Bonchev–Trinajstić information content (AvgIpc) is 3.02. The molecular formula is C26H22Cl2N10O15S5. The molecule has 0 amide bonds. The van der Waals surface area contributed by atoms with Gasteiger partial charge in [-0.3, -0.25) is 22.8 Å². The molecule has 0 aliphatic carbocycles. The standard InChI is InChI=1S/C26H22Cl2N10O15S5/c1-10-5-14(19(57(48,49)50)8-16(10)54(39,40)41)31-25-35-21(27)33-23(37-25)29-12-3-4-13(18(7-12)56(45,46)47)30-24-34-22(28)36-26(38-24)32-15-6-11(2)17(55(42,43)44)9-20(15)58(51,52)53/h3-9H,1-2H3,(H,39,40,41)(H,42,43,44)(H,45,46,47)(H,48,49,50)(H,51,52,53)(H2,29,31,33,35,37)(H2,30,32,34,36,38). The molecule has 0 atom stereocenters. The zero-order chi connectivity index (χ0) is 43.3. The van der Waals surface area contributed by atoms with Gasteiger partial charge in [0.25, 0.3) is 50.6 Å². The molecule has 9 N–H and O–H groups in total. The van der Waals surface area contributed by atoms with Crippen molar-refractivity contribution in [1.29, 1.82) is 0 Å². The predicted molar refractivity (Wildman–Crippen MR) is 201 cm³/mol. The van der Waals surface area contributed by atoms with Gasteiger partial charge in [-0.05, 0) is 90.6 Å². The largest absolute Gasteiger partial charge is 0.324 e. The molecule has 0 fully saturated rings. The number of rotatable bonds is 13. The molecule has 0 saturated heterocycles. The van der Waals surface area contributed by atoms with Gasteiger partial charge in [0.15, 0.2) is 0 Å². The summed E-state index contributed by atoms with van der Waals surface area (Å²) in [5.41, 5.74) is -1.84. The number of hydrogen-bond donors (Lipinski definition) is 9. The highest BCUT2D eigenvalue weighted by Gasteiger charge is 2.26. The lowest BCUT2D eigenvalue weighted by Crippen LogP contribution is -2.11. The molecule has 25 nitrogen and oxygen atoms in total.